The van der Waals surface area contributed by atoms with Crippen molar-refractivity contribution in [2.45, 2.75) is 13.8 Å². The summed E-state index contributed by atoms with van der Waals surface area (Å²) in [5.41, 5.74) is 2.22. The molecule has 0 N–H and O–H groups in total. The van der Waals surface area contributed by atoms with E-state index < -0.39 is 0 Å². The maximum absolute atomic E-state index is 11.8. The molecule has 0 bridgehead atoms. The van der Waals surface area contributed by atoms with Gasteiger partial charge in [-0.1, -0.05) is 30.3 Å². The molecule has 0 aliphatic rings. The number of methoxy groups -OCH3 is 1. The lowest BCUT2D eigenvalue weighted by atomic mass is 10.1. The van der Waals surface area contributed by atoms with Gasteiger partial charge in [-0.15, -0.1) is 0 Å². The van der Waals surface area contributed by atoms with Gasteiger partial charge in [0.15, 0.2) is 0 Å². The van der Waals surface area contributed by atoms with Gasteiger partial charge >= 0.3 is 5.97 Å². The van der Waals surface area contributed by atoms with Crippen LogP contribution in [0.1, 0.15) is 21.7 Å². The molecule has 0 aliphatic carbocycles. The first-order chi connectivity index (χ1) is 8.15. The first kappa shape index (κ1) is 11.5. The Kier molecular flexibility index (Phi) is 3.00. The molecule has 0 saturated heterocycles. The van der Waals surface area contributed by atoms with Crippen molar-refractivity contribution in [2.24, 2.45) is 0 Å². The van der Waals surface area contributed by atoms with Crippen molar-refractivity contribution in [2.75, 3.05) is 7.11 Å². The van der Waals surface area contributed by atoms with Crippen molar-refractivity contribution >= 4 is 5.97 Å². The molecule has 0 spiro atoms. The summed E-state index contributed by atoms with van der Waals surface area (Å²) in [5, 5.41) is 0. The van der Waals surface area contributed by atoms with Gasteiger partial charge in [-0.3, -0.25) is 0 Å². The van der Waals surface area contributed by atoms with Gasteiger partial charge in [0, 0.05) is 11.1 Å². The van der Waals surface area contributed by atoms with E-state index in [1.54, 1.807) is 0 Å². The number of carbonyl (C=O) groups excluding carboxylic acids is 1. The molecule has 2 rings (SSSR count). The number of carbonyl (C=O) groups is 1. The zero-order valence-electron chi connectivity index (χ0n) is 10.1. The highest BCUT2D eigenvalue weighted by molar-refractivity contribution is 5.97. The van der Waals surface area contributed by atoms with Gasteiger partial charge < -0.3 is 9.15 Å². The minimum Gasteiger partial charge on any atom is -0.465 e. The summed E-state index contributed by atoms with van der Waals surface area (Å²) in [6, 6.07) is 9.55. The topological polar surface area (TPSA) is 39.4 Å². The van der Waals surface area contributed by atoms with Crippen molar-refractivity contribution in [3.8, 4) is 11.3 Å². The predicted octanol–water partition coefficient (Wildman–Crippen LogP) is 3.35. The second-order valence-electron chi connectivity index (χ2n) is 3.84. The molecule has 0 amide bonds. The van der Waals surface area contributed by atoms with Crippen LogP contribution in [0.2, 0.25) is 0 Å². The third-order valence-electron chi connectivity index (χ3n) is 2.81. The maximum Gasteiger partial charge on any atom is 0.342 e. The lowest BCUT2D eigenvalue weighted by Gasteiger charge is -2.01. The van der Waals surface area contributed by atoms with E-state index >= 15 is 0 Å². The summed E-state index contributed by atoms with van der Waals surface area (Å²) in [6.07, 6.45) is 0. The third kappa shape index (κ3) is 1.96. The van der Waals surface area contributed by atoms with Crippen molar-refractivity contribution < 1.29 is 13.9 Å². The Bertz CT molecular complexity index is 538. The molecule has 0 saturated carbocycles. The van der Waals surface area contributed by atoms with Gasteiger partial charge in [-0.25, -0.2) is 4.79 Å². The predicted molar refractivity (Wildman–Crippen MR) is 65.0 cm³/mol. The molecule has 0 atom stereocenters. The number of esters is 1. The molecule has 3 nitrogen and oxygen atoms in total. The summed E-state index contributed by atoms with van der Waals surface area (Å²) < 4.78 is 10.4. The van der Waals surface area contributed by atoms with Crippen LogP contribution in [0.15, 0.2) is 34.7 Å². The normalized spacial score (nSPS) is 10.3. The fourth-order valence-corrected chi connectivity index (χ4v) is 1.77. The van der Waals surface area contributed by atoms with E-state index in [4.69, 9.17) is 9.15 Å². The summed E-state index contributed by atoms with van der Waals surface area (Å²) in [6.45, 7) is 3.70. The van der Waals surface area contributed by atoms with Gasteiger partial charge in [0.2, 0.25) is 0 Å². The molecule has 2 aromatic rings. The Morgan fingerprint density at radius 1 is 1.18 bits per heavy atom. The molecule has 0 radical (unpaired) electrons. The summed E-state index contributed by atoms with van der Waals surface area (Å²) in [7, 11) is 1.37. The molecular formula is C14H14O3. The fourth-order valence-electron chi connectivity index (χ4n) is 1.77. The van der Waals surface area contributed by atoms with E-state index in [1.165, 1.54) is 7.11 Å². The molecule has 0 fully saturated rings. The van der Waals surface area contributed by atoms with E-state index in [0.717, 1.165) is 16.9 Å². The van der Waals surface area contributed by atoms with Crippen molar-refractivity contribution in [1.29, 1.82) is 0 Å². The quantitative estimate of drug-likeness (QED) is 0.743. The van der Waals surface area contributed by atoms with Crippen LogP contribution in [0.3, 0.4) is 0 Å². The minimum absolute atomic E-state index is 0.363. The Hall–Kier alpha value is -2.03. The van der Waals surface area contributed by atoms with Crippen LogP contribution in [-0.4, -0.2) is 13.1 Å². The standard InChI is InChI=1S/C14H14O3/c1-9-10(2)17-13(12(9)14(15)16-3)11-7-5-4-6-8-11/h4-8H,1-3H3. The van der Waals surface area contributed by atoms with Gasteiger partial charge in [-0.2, -0.15) is 0 Å². The second kappa shape index (κ2) is 4.45. The average Bonchev–Trinajstić information content (AvgIpc) is 2.66. The van der Waals surface area contributed by atoms with E-state index in [0.29, 0.717) is 11.3 Å². The fraction of sp³-hybridized carbons (Fsp3) is 0.214. The van der Waals surface area contributed by atoms with Crippen LogP contribution in [0, 0.1) is 13.8 Å². The van der Waals surface area contributed by atoms with Crippen LogP contribution in [0.25, 0.3) is 11.3 Å². The monoisotopic (exact) mass is 230 g/mol. The van der Waals surface area contributed by atoms with E-state index in [2.05, 4.69) is 0 Å². The van der Waals surface area contributed by atoms with Crippen LogP contribution in [0.5, 0.6) is 0 Å². The molecule has 17 heavy (non-hydrogen) atoms. The van der Waals surface area contributed by atoms with Gasteiger partial charge in [0.05, 0.1) is 7.11 Å². The van der Waals surface area contributed by atoms with Crippen molar-refractivity contribution in [3.63, 3.8) is 0 Å². The second-order valence-corrected chi connectivity index (χ2v) is 3.84. The molecular weight excluding hydrogens is 216 g/mol. The van der Waals surface area contributed by atoms with E-state index in [1.807, 2.05) is 44.2 Å². The Morgan fingerprint density at radius 3 is 2.41 bits per heavy atom. The Balaban J connectivity index is 2.62. The number of furan rings is 1. The number of aryl methyl sites for hydroxylation is 1. The smallest absolute Gasteiger partial charge is 0.342 e. The third-order valence-corrected chi connectivity index (χ3v) is 2.81. The molecule has 0 aliphatic heterocycles. The molecule has 3 heteroatoms. The lowest BCUT2D eigenvalue weighted by molar-refractivity contribution is 0.0600. The maximum atomic E-state index is 11.8. The van der Waals surface area contributed by atoms with E-state index in [9.17, 15) is 4.79 Å². The highest BCUT2D eigenvalue weighted by atomic mass is 16.5. The largest absolute Gasteiger partial charge is 0.465 e. The molecule has 0 unspecified atom stereocenters. The zero-order valence-corrected chi connectivity index (χ0v) is 10.1. The van der Waals surface area contributed by atoms with Gasteiger partial charge in [0.25, 0.3) is 0 Å². The van der Waals surface area contributed by atoms with Crippen molar-refractivity contribution in [1.82, 2.24) is 0 Å². The Morgan fingerprint density at radius 2 is 1.82 bits per heavy atom. The highest BCUT2D eigenvalue weighted by Gasteiger charge is 2.22. The number of ether oxygens (including phenoxy) is 1. The van der Waals surface area contributed by atoms with Crippen molar-refractivity contribution in [3.05, 3.63) is 47.2 Å². The number of hydrogen-bond acceptors (Lipinski definition) is 3. The minimum atomic E-state index is -0.363. The molecule has 1 aromatic carbocycles. The summed E-state index contributed by atoms with van der Waals surface area (Å²) in [4.78, 5) is 11.8. The summed E-state index contributed by atoms with van der Waals surface area (Å²) >= 11 is 0. The molecule has 1 heterocycles. The van der Waals surface area contributed by atoms with Crippen LogP contribution >= 0.6 is 0 Å². The van der Waals surface area contributed by atoms with Crippen LogP contribution in [-0.2, 0) is 4.74 Å². The lowest BCUT2D eigenvalue weighted by Crippen LogP contribution is -2.03. The number of benzene rings is 1. The van der Waals surface area contributed by atoms with Gasteiger partial charge in [-0.05, 0) is 13.8 Å². The van der Waals surface area contributed by atoms with E-state index in [-0.39, 0.29) is 5.97 Å². The number of hydrogen-bond donors (Lipinski definition) is 0. The van der Waals surface area contributed by atoms with Crippen LogP contribution in [0.4, 0.5) is 0 Å². The van der Waals surface area contributed by atoms with Gasteiger partial charge in [0.1, 0.15) is 17.1 Å². The first-order valence-electron chi connectivity index (χ1n) is 5.39. The highest BCUT2D eigenvalue weighted by Crippen LogP contribution is 2.31. The van der Waals surface area contributed by atoms with Crippen LogP contribution < -0.4 is 0 Å². The summed E-state index contributed by atoms with van der Waals surface area (Å²) in [5.74, 6) is 0.954. The molecule has 88 valence electrons. The zero-order chi connectivity index (χ0) is 12.4. The first-order valence-corrected chi connectivity index (χ1v) is 5.39. The SMILES string of the molecule is COC(=O)c1c(-c2ccccc2)oc(C)c1C. The number of rotatable bonds is 2. The Labute approximate surface area is 100 Å². The molecule has 1 aromatic heterocycles. The average molecular weight is 230 g/mol.